The number of fused-ring (bicyclic) bond motifs is 1. The molecule has 0 radical (unpaired) electrons. The topological polar surface area (TPSA) is 99.6 Å². The van der Waals surface area contributed by atoms with Crippen molar-refractivity contribution in [1.29, 1.82) is 0 Å². The van der Waals surface area contributed by atoms with Crippen LogP contribution in [0, 0.1) is 10.1 Å². The Labute approximate surface area is 156 Å². The lowest BCUT2D eigenvalue weighted by atomic mass is 10.2. The highest BCUT2D eigenvalue weighted by Gasteiger charge is 2.14. The van der Waals surface area contributed by atoms with Gasteiger partial charge in [0.25, 0.3) is 11.2 Å². The summed E-state index contributed by atoms with van der Waals surface area (Å²) in [6, 6.07) is 13.4. The van der Waals surface area contributed by atoms with E-state index in [1.165, 1.54) is 16.7 Å². The second kappa shape index (κ2) is 6.61. The number of nitro benzene ring substituents is 1. The quantitative estimate of drug-likeness (QED) is 0.398. The molecule has 0 aliphatic heterocycles. The van der Waals surface area contributed by atoms with Crippen molar-refractivity contribution in [3.05, 3.63) is 79.1 Å². The number of rotatable bonds is 4. The lowest BCUT2D eigenvalue weighted by Gasteiger charge is -1.99. The largest absolute Gasteiger partial charge is 0.497 e. The Kier molecular flexibility index (Phi) is 4.13. The van der Waals surface area contributed by atoms with E-state index in [0.29, 0.717) is 26.6 Å². The number of nitro groups is 1. The minimum absolute atomic E-state index is 0.0604. The minimum atomic E-state index is -0.477. The van der Waals surface area contributed by atoms with Gasteiger partial charge in [-0.1, -0.05) is 23.5 Å². The van der Waals surface area contributed by atoms with Crippen molar-refractivity contribution >= 4 is 28.1 Å². The van der Waals surface area contributed by atoms with Crippen LogP contribution in [0.5, 0.6) is 5.75 Å². The van der Waals surface area contributed by atoms with Gasteiger partial charge in [-0.15, -0.1) is 5.10 Å². The summed E-state index contributed by atoms with van der Waals surface area (Å²) in [5.74, 6) is 1.14. The van der Waals surface area contributed by atoms with E-state index in [4.69, 9.17) is 4.74 Å². The van der Waals surface area contributed by atoms with Crippen LogP contribution < -0.4 is 14.8 Å². The van der Waals surface area contributed by atoms with Crippen LogP contribution >= 0.6 is 11.3 Å². The molecule has 0 aliphatic rings. The van der Waals surface area contributed by atoms with Crippen LogP contribution in [-0.2, 0) is 0 Å². The number of para-hydroxylation sites is 1. The van der Waals surface area contributed by atoms with Gasteiger partial charge >= 0.3 is 0 Å². The molecular weight excluding hydrogens is 368 g/mol. The highest BCUT2D eigenvalue weighted by atomic mass is 32.1. The highest BCUT2D eigenvalue weighted by molar-refractivity contribution is 7.15. The normalized spacial score (nSPS) is 11.8. The van der Waals surface area contributed by atoms with Gasteiger partial charge < -0.3 is 4.74 Å². The molecule has 4 aromatic rings. The number of thiazole rings is 1. The van der Waals surface area contributed by atoms with Crippen LogP contribution in [0.4, 0.5) is 5.69 Å². The minimum Gasteiger partial charge on any atom is -0.497 e. The number of aromatic nitrogens is 3. The molecule has 0 spiro atoms. The summed E-state index contributed by atoms with van der Waals surface area (Å²) in [6.07, 6.45) is 1.49. The summed E-state index contributed by atoms with van der Waals surface area (Å²) in [7, 11) is 1.58. The predicted molar refractivity (Wildman–Crippen MR) is 101 cm³/mol. The fraction of sp³-hybridized carbons (Fsp3) is 0.0556. The lowest BCUT2D eigenvalue weighted by molar-refractivity contribution is -0.385. The Balaban J connectivity index is 1.79. The highest BCUT2D eigenvalue weighted by Crippen LogP contribution is 2.21. The number of benzene rings is 2. The van der Waals surface area contributed by atoms with Crippen LogP contribution in [0.1, 0.15) is 5.56 Å². The first-order valence-electron chi connectivity index (χ1n) is 7.86. The lowest BCUT2D eigenvalue weighted by Crippen LogP contribution is -2.23. The molecule has 8 nitrogen and oxygen atoms in total. The third kappa shape index (κ3) is 3.04. The van der Waals surface area contributed by atoms with E-state index < -0.39 is 4.92 Å². The van der Waals surface area contributed by atoms with Gasteiger partial charge in [-0.05, 0) is 36.4 Å². The maximum absolute atomic E-state index is 12.6. The van der Waals surface area contributed by atoms with Crippen molar-refractivity contribution in [2.75, 3.05) is 7.11 Å². The molecule has 0 atom stereocenters. The molecule has 2 heterocycles. The molecule has 134 valence electrons. The van der Waals surface area contributed by atoms with Crippen molar-refractivity contribution in [3.8, 4) is 17.1 Å². The number of methoxy groups -OCH3 is 1. The van der Waals surface area contributed by atoms with E-state index in [0.717, 1.165) is 16.9 Å². The fourth-order valence-corrected chi connectivity index (χ4v) is 3.51. The summed E-state index contributed by atoms with van der Waals surface area (Å²) in [5.41, 5.74) is 0.699. The first-order valence-corrected chi connectivity index (χ1v) is 8.67. The second-order valence-electron chi connectivity index (χ2n) is 5.59. The van der Waals surface area contributed by atoms with Gasteiger partial charge in [-0.2, -0.15) is 9.50 Å². The van der Waals surface area contributed by atoms with Gasteiger partial charge in [0.2, 0.25) is 4.96 Å². The molecule has 0 saturated heterocycles. The molecule has 27 heavy (non-hydrogen) atoms. The molecule has 0 unspecified atom stereocenters. The third-order valence-electron chi connectivity index (χ3n) is 3.95. The molecule has 0 fully saturated rings. The standard InChI is InChI=1S/C18H12N4O4S/c1-26-13-8-6-11(7-9-13)16-19-18-21(20-16)17(23)15(27-18)10-12-4-2-3-5-14(12)22(24)25/h2-10H,1H3/b15-10+. The summed E-state index contributed by atoms with van der Waals surface area (Å²) in [4.78, 5) is 28.1. The Bertz CT molecular complexity index is 1260. The monoisotopic (exact) mass is 380 g/mol. The molecular formula is C18H12N4O4S. The zero-order valence-corrected chi connectivity index (χ0v) is 14.8. The molecule has 0 aliphatic carbocycles. The average molecular weight is 380 g/mol. The molecule has 9 heteroatoms. The maximum Gasteiger partial charge on any atom is 0.291 e. The Morgan fingerprint density at radius 2 is 1.93 bits per heavy atom. The van der Waals surface area contributed by atoms with Crippen molar-refractivity contribution in [2.45, 2.75) is 0 Å². The van der Waals surface area contributed by atoms with Gasteiger partial charge in [0, 0.05) is 11.6 Å². The number of ether oxygens (including phenoxy) is 1. The van der Waals surface area contributed by atoms with E-state index in [9.17, 15) is 14.9 Å². The Morgan fingerprint density at radius 3 is 2.59 bits per heavy atom. The van der Waals surface area contributed by atoms with Crippen LogP contribution in [0.3, 0.4) is 0 Å². The van der Waals surface area contributed by atoms with Gasteiger partial charge in [-0.25, -0.2) is 0 Å². The Morgan fingerprint density at radius 1 is 1.19 bits per heavy atom. The smallest absolute Gasteiger partial charge is 0.291 e. The van der Waals surface area contributed by atoms with Gasteiger partial charge in [0.15, 0.2) is 5.82 Å². The first kappa shape index (κ1) is 16.9. The van der Waals surface area contributed by atoms with E-state index >= 15 is 0 Å². The molecule has 0 saturated carbocycles. The summed E-state index contributed by atoms with van der Waals surface area (Å²) >= 11 is 1.14. The van der Waals surface area contributed by atoms with Crippen molar-refractivity contribution in [2.24, 2.45) is 0 Å². The summed E-state index contributed by atoms with van der Waals surface area (Å²) in [6.45, 7) is 0. The molecule has 0 amide bonds. The third-order valence-corrected chi connectivity index (χ3v) is 4.91. The van der Waals surface area contributed by atoms with Crippen LogP contribution in [0.25, 0.3) is 22.4 Å². The summed E-state index contributed by atoms with van der Waals surface area (Å²) < 4.78 is 6.67. The summed E-state index contributed by atoms with van der Waals surface area (Å²) in [5, 5.41) is 15.4. The fourth-order valence-electron chi connectivity index (χ4n) is 2.61. The molecule has 4 rings (SSSR count). The second-order valence-corrected chi connectivity index (χ2v) is 6.60. The van der Waals surface area contributed by atoms with Crippen molar-refractivity contribution in [1.82, 2.24) is 14.6 Å². The van der Waals surface area contributed by atoms with Crippen molar-refractivity contribution < 1.29 is 9.66 Å². The zero-order chi connectivity index (χ0) is 19.0. The molecule has 0 bridgehead atoms. The molecule has 2 aromatic carbocycles. The molecule has 2 aromatic heterocycles. The zero-order valence-electron chi connectivity index (χ0n) is 14.0. The maximum atomic E-state index is 12.6. The Hall–Kier alpha value is -3.59. The van der Waals surface area contributed by atoms with Crippen LogP contribution in [0.2, 0.25) is 0 Å². The van der Waals surface area contributed by atoms with E-state index in [1.54, 1.807) is 37.4 Å². The first-order chi connectivity index (χ1) is 13.1. The number of hydrogen-bond acceptors (Lipinski definition) is 7. The van der Waals surface area contributed by atoms with E-state index in [1.807, 2.05) is 12.1 Å². The van der Waals surface area contributed by atoms with Crippen LogP contribution in [0.15, 0.2) is 53.3 Å². The number of nitrogens with zero attached hydrogens (tertiary/aromatic N) is 4. The predicted octanol–water partition coefficient (Wildman–Crippen LogP) is 2.28. The number of hydrogen-bond donors (Lipinski definition) is 0. The van der Waals surface area contributed by atoms with Crippen molar-refractivity contribution in [3.63, 3.8) is 0 Å². The molecule has 0 N–H and O–H groups in total. The van der Waals surface area contributed by atoms with Gasteiger partial charge in [0.05, 0.1) is 22.1 Å². The van der Waals surface area contributed by atoms with E-state index in [-0.39, 0.29) is 11.2 Å². The van der Waals surface area contributed by atoms with Gasteiger partial charge in [0.1, 0.15) is 5.75 Å². The SMILES string of the molecule is COc1ccc(-c2nc3s/c(=C/c4ccccc4[N+](=O)[O-])c(=O)n3n2)cc1. The van der Waals surface area contributed by atoms with Gasteiger partial charge in [-0.3, -0.25) is 14.9 Å². The van der Waals surface area contributed by atoms with Crippen LogP contribution in [-0.4, -0.2) is 26.6 Å². The van der Waals surface area contributed by atoms with E-state index in [2.05, 4.69) is 10.1 Å². The average Bonchev–Trinajstić information content (AvgIpc) is 3.22.